The van der Waals surface area contributed by atoms with Crippen molar-refractivity contribution in [1.29, 1.82) is 0 Å². The van der Waals surface area contributed by atoms with Gasteiger partial charge in [0.25, 0.3) is 6.01 Å². The smallest absolute Gasteiger partial charge is 0.296 e. The van der Waals surface area contributed by atoms with Gasteiger partial charge in [-0.25, -0.2) is 9.97 Å². The van der Waals surface area contributed by atoms with E-state index in [1.54, 1.807) is 16.3 Å². The zero-order valence-corrected chi connectivity index (χ0v) is 15.7. The summed E-state index contributed by atoms with van der Waals surface area (Å²) in [5.41, 5.74) is 8.10. The summed E-state index contributed by atoms with van der Waals surface area (Å²) in [5.74, 6) is 1.15. The van der Waals surface area contributed by atoms with Crippen LogP contribution in [-0.2, 0) is 11.3 Å². The average Bonchev–Trinajstić information content (AvgIpc) is 3.00. The molecule has 0 unspecified atom stereocenters. The van der Waals surface area contributed by atoms with E-state index in [2.05, 4.69) is 19.9 Å². The Bertz CT molecular complexity index is 911. The highest BCUT2D eigenvalue weighted by Gasteiger charge is 2.17. The first kappa shape index (κ1) is 18.0. The van der Waals surface area contributed by atoms with Gasteiger partial charge in [-0.1, -0.05) is 42.1 Å². The summed E-state index contributed by atoms with van der Waals surface area (Å²) in [7, 11) is 0. The van der Waals surface area contributed by atoms with Crippen molar-refractivity contribution in [3.8, 4) is 6.01 Å². The minimum Gasteiger partial charge on any atom is -0.480 e. The van der Waals surface area contributed by atoms with E-state index in [9.17, 15) is 5.11 Å². The highest BCUT2D eigenvalue weighted by Crippen LogP contribution is 2.26. The van der Waals surface area contributed by atoms with Crippen molar-refractivity contribution in [2.75, 3.05) is 44.3 Å². The van der Waals surface area contributed by atoms with E-state index in [1.165, 1.54) is 0 Å². The zero-order chi connectivity index (χ0) is 18.6. The summed E-state index contributed by atoms with van der Waals surface area (Å²) in [6, 6.07) is 9.76. The summed E-state index contributed by atoms with van der Waals surface area (Å²) >= 11 is 1.56. The minimum atomic E-state index is -0.106. The fraction of sp³-hybridized carbons (Fsp3) is 0.389. The number of fused-ring (bicyclic) bond motifs is 1. The Balaban J connectivity index is 1.53. The Morgan fingerprint density at radius 2 is 1.89 bits per heavy atom. The first-order chi connectivity index (χ1) is 13.2. The molecule has 3 aromatic rings. The summed E-state index contributed by atoms with van der Waals surface area (Å²) in [4.78, 5) is 15.5. The second-order valence-electron chi connectivity index (χ2n) is 6.35. The molecule has 1 aliphatic rings. The number of imidazole rings is 1. The van der Waals surface area contributed by atoms with Crippen molar-refractivity contribution in [2.24, 2.45) is 0 Å². The van der Waals surface area contributed by atoms with Crippen LogP contribution in [0.1, 0.15) is 5.56 Å². The topological polar surface area (TPSA) is 102 Å². The highest BCUT2D eigenvalue weighted by molar-refractivity contribution is 7.99. The molecule has 142 valence electrons. The number of ether oxygens (including phenoxy) is 1. The predicted octanol–water partition coefficient (Wildman–Crippen LogP) is 1.59. The number of hydrogen-bond donors (Lipinski definition) is 2. The van der Waals surface area contributed by atoms with Crippen LogP contribution in [0.3, 0.4) is 0 Å². The predicted molar refractivity (Wildman–Crippen MR) is 105 cm³/mol. The standard InChI is InChI=1S/C18H22N6O2S/c19-15-14-16(24(18(25)20-14)12-13-4-2-1-3-5-13)22-17(21-15)27-11-8-23-6-9-26-10-7-23/h1-5H,6-12H2,(H,20,25)(H2,19,21,22). The number of nitrogens with zero attached hydrogens (tertiary/aromatic N) is 5. The number of rotatable bonds is 6. The summed E-state index contributed by atoms with van der Waals surface area (Å²) in [6.45, 7) is 4.91. The van der Waals surface area contributed by atoms with Crippen molar-refractivity contribution in [1.82, 2.24) is 24.4 Å². The number of anilines is 1. The molecule has 0 spiro atoms. The molecule has 1 fully saturated rings. The van der Waals surface area contributed by atoms with Gasteiger partial charge in [-0.05, 0) is 5.56 Å². The Kier molecular flexibility index (Phi) is 5.42. The molecule has 4 rings (SSSR count). The number of nitrogens with two attached hydrogens (primary N) is 1. The van der Waals surface area contributed by atoms with Crippen LogP contribution in [-0.4, -0.2) is 68.1 Å². The van der Waals surface area contributed by atoms with Crippen LogP contribution in [0, 0.1) is 0 Å². The van der Waals surface area contributed by atoms with Gasteiger partial charge in [0, 0.05) is 25.4 Å². The van der Waals surface area contributed by atoms with Crippen LogP contribution in [0.25, 0.3) is 11.2 Å². The van der Waals surface area contributed by atoms with Crippen molar-refractivity contribution in [3.63, 3.8) is 0 Å². The van der Waals surface area contributed by atoms with Gasteiger partial charge in [0.2, 0.25) is 0 Å². The van der Waals surface area contributed by atoms with Gasteiger partial charge < -0.3 is 15.6 Å². The Labute approximate surface area is 161 Å². The largest absolute Gasteiger partial charge is 0.480 e. The Hall–Kier alpha value is -2.36. The van der Waals surface area contributed by atoms with Crippen molar-refractivity contribution in [3.05, 3.63) is 35.9 Å². The maximum absolute atomic E-state index is 10.3. The lowest BCUT2D eigenvalue weighted by Crippen LogP contribution is -2.37. The van der Waals surface area contributed by atoms with Gasteiger partial charge in [0.1, 0.15) is 0 Å². The summed E-state index contributed by atoms with van der Waals surface area (Å²) < 4.78 is 7.03. The zero-order valence-electron chi connectivity index (χ0n) is 14.9. The molecule has 0 bridgehead atoms. The lowest BCUT2D eigenvalue weighted by Gasteiger charge is -2.26. The average molecular weight is 386 g/mol. The van der Waals surface area contributed by atoms with Crippen molar-refractivity contribution in [2.45, 2.75) is 11.7 Å². The van der Waals surface area contributed by atoms with E-state index in [0.29, 0.717) is 22.9 Å². The molecule has 1 aliphatic heterocycles. The van der Waals surface area contributed by atoms with Gasteiger partial charge in [-0.2, -0.15) is 4.98 Å². The van der Waals surface area contributed by atoms with Crippen molar-refractivity contribution < 1.29 is 9.84 Å². The van der Waals surface area contributed by atoms with E-state index < -0.39 is 0 Å². The molecule has 9 heteroatoms. The van der Waals surface area contributed by atoms with Crippen LogP contribution >= 0.6 is 11.8 Å². The number of aromatic nitrogens is 4. The van der Waals surface area contributed by atoms with Gasteiger partial charge in [-0.3, -0.25) is 9.47 Å². The first-order valence-corrected chi connectivity index (χ1v) is 9.89. The maximum atomic E-state index is 10.3. The van der Waals surface area contributed by atoms with Crippen LogP contribution in [0.15, 0.2) is 35.5 Å². The monoisotopic (exact) mass is 386 g/mol. The fourth-order valence-corrected chi connectivity index (χ4v) is 3.90. The molecule has 1 saturated heterocycles. The second kappa shape index (κ2) is 8.12. The molecule has 3 N–H and O–H groups in total. The summed E-state index contributed by atoms with van der Waals surface area (Å²) in [5, 5.41) is 10.9. The van der Waals surface area contributed by atoms with E-state index >= 15 is 0 Å². The number of thioether (sulfide) groups is 1. The molecule has 3 heterocycles. The molecule has 2 aromatic heterocycles. The Morgan fingerprint density at radius 1 is 1.11 bits per heavy atom. The quantitative estimate of drug-likeness (QED) is 0.486. The van der Waals surface area contributed by atoms with Gasteiger partial charge >= 0.3 is 0 Å². The first-order valence-electron chi connectivity index (χ1n) is 8.90. The van der Waals surface area contributed by atoms with Gasteiger partial charge in [-0.15, -0.1) is 0 Å². The normalized spacial score (nSPS) is 15.4. The van der Waals surface area contributed by atoms with E-state index in [4.69, 9.17) is 10.5 Å². The molecule has 0 saturated carbocycles. The van der Waals surface area contributed by atoms with Crippen LogP contribution in [0.4, 0.5) is 5.82 Å². The van der Waals surface area contributed by atoms with Crippen LogP contribution < -0.4 is 5.73 Å². The number of morpholine rings is 1. The third-order valence-electron chi connectivity index (χ3n) is 4.51. The SMILES string of the molecule is Nc1nc(SCCN2CCOCC2)nc2c1nc(O)n2Cc1ccccc1. The fourth-order valence-electron chi connectivity index (χ4n) is 3.06. The summed E-state index contributed by atoms with van der Waals surface area (Å²) in [6.07, 6.45) is 0. The lowest BCUT2D eigenvalue weighted by atomic mass is 10.2. The highest BCUT2D eigenvalue weighted by atomic mass is 32.2. The number of hydrogen-bond acceptors (Lipinski definition) is 8. The van der Waals surface area contributed by atoms with Gasteiger partial charge in [0.15, 0.2) is 22.1 Å². The lowest BCUT2D eigenvalue weighted by molar-refractivity contribution is 0.0410. The van der Waals surface area contributed by atoms with Crippen LogP contribution in [0.2, 0.25) is 0 Å². The van der Waals surface area contributed by atoms with Crippen molar-refractivity contribution >= 4 is 28.7 Å². The number of benzene rings is 1. The third-order valence-corrected chi connectivity index (χ3v) is 5.33. The van der Waals surface area contributed by atoms with E-state index in [1.807, 2.05) is 30.3 Å². The number of aromatic hydroxyl groups is 1. The molecule has 0 amide bonds. The number of nitrogen functional groups attached to an aromatic ring is 1. The molecule has 1 aromatic carbocycles. The van der Waals surface area contributed by atoms with Gasteiger partial charge in [0.05, 0.1) is 19.8 Å². The Morgan fingerprint density at radius 3 is 2.67 bits per heavy atom. The maximum Gasteiger partial charge on any atom is 0.296 e. The van der Waals surface area contributed by atoms with Crippen LogP contribution in [0.5, 0.6) is 6.01 Å². The molecule has 27 heavy (non-hydrogen) atoms. The second-order valence-corrected chi connectivity index (χ2v) is 7.41. The third kappa shape index (κ3) is 4.15. The molecule has 8 nitrogen and oxygen atoms in total. The molecular formula is C18H22N6O2S. The molecular weight excluding hydrogens is 364 g/mol. The molecule has 0 aliphatic carbocycles. The van der Waals surface area contributed by atoms with E-state index in [-0.39, 0.29) is 11.8 Å². The van der Waals surface area contributed by atoms with E-state index in [0.717, 1.165) is 44.2 Å². The molecule has 0 radical (unpaired) electrons. The molecule has 0 atom stereocenters. The minimum absolute atomic E-state index is 0.106.